The second-order valence-electron chi connectivity index (χ2n) is 10.4. The molecule has 180 valence electrons. The van der Waals surface area contributed by atoms with Crippen molar-refractivity contribution in [3.8, 4) is 6.07 Å². The topological polar surface area (TPSA) is 75.0 Å². The molecule has 1 unspecified atom stereocenters. The Hall–Kier alpha value is -1.21. The Balaban J connectivity index is 2.35. The van der Waals surface area contributed by atoms with Crippen LogP contribution in [0.1, 0.15) is 58.2 Å². The third-order valence-corrected chi connectivity index (χ3v) is 13.3. The minimum absolute atomic E-state index is 0.112. The maximum Gasteiger partial charge on any atom is 0.192 e. The van der Waals surface area contributed by atoms with Crippen LogP contribution >= 0.6 is 23.4 Å². The molecule has 1 heterocycles. The molecule has 0 aliphatic heterocycles. The summed E-state index contributed by atoms with van der Waals surface area (Å²) in [4.78, 5) is 5.38. The van der Waals surface area contributed by atoms with Gasteiger partial charge < -0.3 is 4.43 Å². The molecule has 0 saturated carbocycles. The molecule has 0 spiro atoms. The number of pyridine rings is 1. The van der Waals surface area contributed by atoms with E-state index in [4.69, 9.17) is 16.0 Å². The minimum Gasteiger partial charge on any atom is -0.412 e. The number of benzene rings is 1. The van der Waals surface area contributed by atoms with Gasteiger partial charge >= 0.3 is 0 Å². The summed E-state index contributed by atoms with van der Waals surface area (Å²) < 4.78 is 21.6. The van der Waals surface area contributed by atoms with E-state index in [1.807, 2.05) is 32.9 Å². The first kappa shape index (κ1) is 28.0. The van der Waals surface area contributed by atoms with Crippen molar-refractivity contribution < 1.29 is 8.63 Å². The van der Waals surface area contributed by atoms with Crippen molar-refractivity contribution in [3.05, 3.63) is 52.2 Å². The lowest BCUT2D eigenvalue weighted by molar-refractivity contribution is 0.273. The van der Waals surface area contributed by atoms with Crippen LogP contribution in [-0.4, -0.2) is 22.3 Å². The molecule has 0 aliphatic carbocycles. The van der Waals surface area contributed by atoms with E-state index < -0.39 is 24.1 Å². The zero-order valence-corrected chi connectivity index (χ0v) is 24.1. The normalized spacial score (nSPS) is 13.6. The zero-order chi connectivity index (χ0) is 25.0. The largest absolute Gasteiger partial charge is 0.412 e. The van der Waals surface area contributed by atoms with E-state index in [1.165, 1.54) is 11.8 Å². The van der Waals surface area contributed by atoms with Gasteiger partial charge in [0.1, 0.15) is 5.03 Å². The number of aromatic nitrogens is 1. The first-order chi connectivity index (χ1) is 15.2. The maximum atomic E-state index is 12.5. The molecule has 0 fully saturated rings. The van der Waals surface area contributed by atoms with Crippen molar-refractivity contribution in [2.24, 2.45) is 0 Å². The highest BCUT2D eigenvalue weighted by Gasteiger charge is 2.37. The van der Waals surface area contributed by atoms with Gasteiger partial charge in [0.2, 0.25) is 0 Å². The summed E-state index contributed by atoms with van der Waals surface area (Å²) in [5.74, 6) is 0. The summed E-state index contributed by atoms with van der Waals surface area (Å²) in [5.41, 5.74) is 2.26. The molecule has 1 aromatic heterocycles. The van der Waals surface area contributed by atoms with Gasteiger partial charge in [-0.3, -0.25) is 0 Å². The van der Waals surface area contributed by atoms with E-state index in [0.717, 1.165) is 21.0 Å². The lowest BCUT2D eigenvalue weighted by atomic mass is 10.1. The summed E-state index contributed by atoms with van der Waals surface area (Å²) in [7, 11) is -3.17. The molecule has 1 atom stereocenters. The van der Waals surface area contributed by atoms with Crippen LogP contribution in [0.25, 0.3) is 0 Å². The van der Waals surface area contributed by atoms with Crippen molar-refractivity contribution in [2.75, 3.05) is 0 Å². The van der Waals surface area contributed by atoms with Crippen molar-refractivity contribution >= 4 is 42.7 Å². The fourth-order valence-electron chi connectivity index (χ4n) is 2.52. The molecule has 9 heteroatoms. The quantitative estimate of drug-likeness (QED) is 0.383. The fourth-order valence-corrected chi connectivity index (χ4v) is 5.52. The van der Waals surface area contributed by atoms with Crippen LogP contribution in [0, 0.1) is 11.3 Å². The second-order valence-corrected chi connectivity index (χ2v) is 18.6. The molecular formula is C24H34ClN3O2S2Si. The molecule has 2 aromatic rings. The van der Waals surface area contributed by atoms with Gasteiger partial charge in [0.05, 0.1) is 39.0 Å². The zero-order valence-electron chi connectivity index (χ0n) is 20.7. The third kappa shape index (κ3) is 7.64. The van der Waals surface area contributed by atoms with Gasteiger partial charge in [0, 0.05) is 23.2 Å². The van der Waals surface area contributed by atoms with Crippen molar-refractivity contribution in [2.45, 2.75) is 87.5 Å². The summed E-state index contributed by atoms with van der Waals surface area (Å²) in [6, 6.07) is 9.52. The SMILES string of the molecule is CC(C)(C)S(=O)NCc1cc(C#N)cc(Cl)c1Sc1ncccc1CO[Si](C)(C)C(C)(C)C. The summed E-state index contributed by atoms with van der Waals surface area (Å²) in [6.07, 6.45) is 1.75. The number of rotatable bonds is 8. The number of nitrogens with one attached hydrogen (secondary N) is 1. The molecule has 1 aromatic carbocycles. The van der Waals surface area contributed by atoms with Gasteiger partial charge in [-0.15, -0.1) is 0 Å². The average molecular weight is 524 g/mol. The predicted molar refractivity (Wildman–Crippen MR) is 141 cm³/mol. The van der Waals surface area contributed by atoms with E-state index in [0.29, 0.717) is 23.7 Å². The van der Waals surface area contributed by atoms with Crippen LogP contribution in [0.3, 0.4) is 0 Å². The van der Waals surface area contributed by atoms with Crippen molar-refractivity contribution in [1.82, 2.24) is 9.71 Å². The number of nitriles is 1. The fraction of sp³-hybridized carbons (Fsp3) is 0.500. The number of hydrogen-bond donors (Lipinski definition) is 1. The Morgan fingerprint density at radius 2 is 1.88 bits per heavy atom. The first-order valence-electron chi connectivity index (χ1n) is 10.8. The highest BCUT2D eigenvalue weighted by molar-refractivity contribution is 7.99. The number of nitrogens with zero attached hydrogens (tertiary/aromatic N) is 2. The molecule has 5 nitrogen and oxygen atoms in total. The van der Waals surface area contributed by atoms with Crippen LogP contribution < -0.4 is 4.72 Å². The minimum atomic E-state index is -1.92. The van der Waals surface area contributed by atoms with Crippen LogP contribution in [0.15, 0.2) is 40.4 Å². The average Bonchev–Trinajstić information content (AvgIpc) is 2.71. The maximum absolute atomic E-state index is 12.5. The molecule has 0 aliphatic rings. The molecule has 0 amide bonds. The standard InChI is InChI=1S/C24H34ClN3O2S2Si/c1-23(2,3)32(29)28-15-19-12-17(14-26)13-20(25)21(19)31-22-18(10-9-11-27-22)16-30-33(7,8)24(4,5)6/h9-13,28H,15-16H2,1-8H3. The van der Waals surface area contributed by atoms with Crippen LogP contribution in [0.5, 0.6) is 0 Å². The summed E-state index contributed by atoms with van der Waals surface area (Å²) >= 11 is 8.05. The van der Waals surface area contributed by atoms with Gasteiger partial charge in [-0.1, -0.05) is 50.2 Å². The highest BCUT2D eigenvalue weighted by Crippen LogP contribution is 2.40. The number of halogens is 1. The van der Waals surface area contributed by atoms with Crippen LogP contribution in [0.4, 0.5) is 0 Å². The monoisotopic (exact) mass is 523 g/mol. The Kier molecular flexibility index (Phi) is 9.36. The molecule has 33 heavy (non-hydrogen) atoms. The van der Waals surface area contributed by atoms with Gasteiger partial charge in [-0.05, 0) is 62.7 Å². The van der Waals surface area contributed by atoms with Gasteiger partial charge in [-0.25, -0.2) is 13.9 Å². The Bertz CT molecular complexity index is 1060. The molecule has 0 saturated heterocycles. The van der Waals surface area contributed by atoms with E-state index >= 15 is 0 Å². The molecule has 0 bridgehead atoms. The van der Waals surface area contributed by atoms with Gasteiger partial charge in [0.25, 0.3) is 0 Å². The van der Waals surface area contributed by atoms with Crippen molar-refractivity contribution in [3.63, 3.8) is 0 Å². The summed E-state index contributed by atoms with van der Waals surface area (Å²) in [5, 5.41) is 10.8. The van der Waals surface area contributed by atoms with Gasteiger partial charge in [0.15, 0.2) is 8.32 Å². The van der Waals surface area contributed by atoms with Crippen LogP contribution in [-0.2, 0) is 28.6 Å². The van der Waals surface area contributed by atoms with E-state index in [2.05, 4.69) is 49.6 Å². The van der Waals surface area contributed by atoms with E-state index in [1.54, 1.807) is 18.3 Å². The van der Waals surface area contributed by atoms with Crippen molar-refractivity contribution in [1.29, 1.82) is 5.26 Å². The smallest absolute Gasteiger partial charge is 0.192 e. The second kappa shape index (κ2) is 11.0. The molecule has 0 radical (unpaired) electrons. The Labute approximate surface area is 211 Å². The molecule has 1 N–H and O–H groups in total. The third-order valence-electron chi connectivity index (χ3n) is 5.64. The lowest BCUT2D eigenvalue weighted by Gasteiger charge is -2.36. The predicted octanol–water partition coefficient (Wildman–Crippen LogP) is 6.83. The lowest BCUT2D eigenvalue weighted by Crippen LogP contribution is -2.40. The summed E-state index contributed by atoms with van der Waals surface area (Å²) in [6.45, 7) is 17.6. The van der Waals surface area contributed by atoms with Gasteiger partial charge in [-0.2, -0.15) is 5.26 Å². The highest BCUT2D eigenvalue weighted by atomic mass is 35.5. The first-order valence-corrected chi connectivity index (χ1v) is 16.0. The molecular weight excluding hydrogens is 490 g/mol. The Morgan fingerprint density at radius 3 is 2.45 bits per heavy atom. The number of hydrogen-bond acceptors (Lipinski definition) is 5. The Morgan fingerprint density at radius 1 is 1.21 bits per heavy atom. The van der Waals surface area contributed by atoms with E-state index in [9.17, 15) is 9.47 Å². The van der Waals surface area contributed by atoms with Crippen LogP contribution in [0.2, 0.25) is 23.2 Å². The molecule has 2 rings (SSSR count). The van der Waals surface area contributed by atoms with E-state index in [-0.39, 0.29) is 5.04 Å².